The first-order chi connectivity index (χ1) is 11.7. The number of aromatic nitrogens is 1. The molecule has 3 N–H and O–H groups in total. The van der Waals surface area contributed by atoms with Crippen LogP contribution in [0.15, 0.2) is 35.0 Å². The third-order valence-electron chi connectivity index (χ3n) is 4.04. The first-order valence-corrected chi connectivity index (χ1v) is 9.10. The van der Waals surface area contributed by atoms with Crippen molar-refractivity contribution >= 4 is 35.7 Å². The normalized spacial score (nSPS) is 24.0. The Morgan fingerprint density at radius 1 is 1.52 bits per heavy atom. The van der Waals surface area contributed by atoms with Crippen molar-refractivity contribution in [2.45, 2.75) is 37.5 Å². The highest BCUT2D eigenvalue weighted by atomic mass is 35.5. The molecule has 1 amide bonds. The molecule has 8 heteroatoms. The molecule has 1 unspecified atom stereocenters. The van der Waals surface area contributed by atoms with Crippen LogP contribution in [0.5, 0.6) is 0 Å². The highest BCUT2D eigenvalue weighted by Crippen LogP contribution is 2.49. The first-order valence-electron chi connectivity index (χ1n) is 7.94. The number of carbonyl (C=O) groups is 1. The molecule has 6 nitrogen and oxygen atoms in total. The number of carbonyl (C=O) groups excluding carboxylic acids is 1. The molecule has 1 aromatic heterocycles. The topological polar surface area (TPSA) is 83.6 Å². The quantitative estimate of drug-likeness (QED) is 0.465. The van der Waals surface area contributed by atoms with Gasteiger partial charge in [-0.1, -0.05) is 29.6 Å². The molecule has 0 aromatic carbocycles. The molecule has 1 fully saturated rings. The van der Waals surface area contributed by atoms with E-state index in [0.29, 0.717) is 17.3 Å². The maximum absolute atomic E-state index is 12.1. The van der Waals surface area contributed by atoms with E-state index in [-0.39, 0.29) is 16.2 Å². The van der Waals surface area contributed by atoms with Crippen molar-refractivity contribution in [2.75, 3.05) is 13.6 Å². The van der Waals surface area contributed by atoms with Gasteiger partial charge in [-0.3, -0.25) is 15.6 Å². The van der Waals surface area contributed by atoms with Crippen LogP contribution in [0.25, 0.3) is 0 Å². The predicted molar refractivity (Wildman–Crippen MR) is 105 cm³/mol. The molecule has 2 rings (SSSR count). The van der Waals surface area contributed by atoms with Crippen LogP contribution in [0.3, 0.4) is 0 Å². The van der Waals surface area contributed by atoms with Crippen LogP contribution >= 0.6 is 23.5 Å². The lowest BCUT2D eigenvalue weighted by atomic mass is 9.84. The predicted octanol–water partition coefficient (Wildman–Crippen LogP) is 2.86. The number of rotatable bonds is 5. The fraction of sp³-hybridized carbons (Fsp3) is 0.471. The lowest BCUT2D eigenvalue weighted by Gasteiger charge is -2.31. The van der Waals surface area contributed by atoms with E-state index in [0.717, 1.165) is 12.0 Å². The van der Waals surface area contributed by atoms with E-state index < -0.39 is 0 Å². The summed E-state index contributed by atoms with van der Waals surface area (Å²) >= 11 is 7.41. The molecule has 25 heavy (non-hydrogen) atoms. The van der Waals surface area contributed by atoms with Crippen LogP contribution in [-0.2, 0) is 0 Å². The van der Waals surface area contributed by atoms with E-state index in [1.165, 1.54) is 6.20 Å². The van der Waals surface area contributed by atoms with E-state index in [4.69, 9.17) is 17.4 Å². The molecule has 1 saturated heterocycles. The standard InChI is InChI=1S/C17H24ClN5OS/c1-16(2)11-17(3,23(19)25-16)12(9-20-4)7-8-21-15(24)14-6-5-13(18)10-22-14/h5-7,9-10H,8,11,19H2,1-4H3,(H,21,24)/b12-7+,20-9?. The van der Waals surface area contributed by atoms with Gasteiger partial charge in [0.15, 0.2) is 0 Å². The highest BCUT2D eigenvalue weighted by molar-refractivity contribution is 7.98. The summed E-state index contributed by atoms with van der Waals surface area (Å²) in [5.74, 6) is 5.99. The second-order valence-corrected chi connectivity index (χ2v) is 8.86. The third kappa shape index (κ3) is 4.82. The van der Waals surface area contributed by atoms with E-state index in [9.17, 15) is 4.79 Å². The Morgan fingerprint density at radius 2 is 2.24 bits per heavy atom. The zero-order chi connectivity index (χ0) is 18.7. The van der Waals surface area contributed by atoms with Crippen LogP contribution in [0.1, 0.15) is 37.7 Å². The number of nitrogens with zero attached hydrogens (tertiary/aromatic N) is 3. The fourth-order valence-corrected chi connectivity index (χ4v) is 4.30. The molecule has 0 radical (unpaired) electrons. The molecule has 0 bridgehead atoms. The van der Waals surface area contributed by atoms with Crippen LogP contribution < -0.4 is 11.2 Å². The minimum absolute atomic E-state index is 0.0423. The van der Waals surface area contributed by atoms with Gasteiger partial charge in [0.05, 0.1) is 10.6 Å². The van der Waals surface area contributed by atoms with E-state index in [2.05, 4.69) is 36.1 Å². The molecular weight excluding hydrogens is 358 g/mol. The Labute approximate surface area is 158 Å². The summed E-state index contributed by atoms with van der Waals surface area (Å²) in [6.07, 6.45) is 6.08. The number of hydrogen-bond acceptors (Lipinski definition) is 6. The lowest BCUT2D eigenvalue weighted by molar-refractivity contribution is 0.0953. The van der Waals surface area contributed by atoms with E-state index in [1.54, 1.807) is 41.8 Å². The molecule has 1 aliphatic rings. The molecule has 1 aliphatic heterocycles. The van der Waals surface area contributed by atoms with Gasteiger partial charge in [0.1, 0.15) is 5.69 Å². The number of aliphatic imine (C=N–C) groups is 1. The van der Waals surface area contributed by atoms with Crippen LogP contribution in [-0.4, -0.2) is 45.4 Å². The third-order valence-corrected chi connectivity index (χ3v) is 5.50. The first kappa shape index (κ1) is 19.9. The van der Waals surface area contributed by atoms with Gasteiger partial charge in [-0.25, -0.2) is 4.98 Å². The molecule has 0 spiro atoms. The van der Waals surface area contributed by atoms with Gasteiger partial charge in [-0.05, 0) is 44.9 Å². The summed E-state index contributed by atoms with van der Waals surface area (Å²) in [5, 5.41) is 3.33. The van der Waals surface area contributed by atoms with Gasteiger partial charge >= 0.3 is 0 Å². The van der Waals surface area contributed by atoms with Crippen molar-refractivity contribution in [3.63, 3.8) is 0 Å². The Bertz CT molecular complexity index is 689. The zero-order valence-electron chi connectivity index (χ0n) is 14.9. The zero-order valence-corrected chi connectivity index (χ0v) is 16.5. The Morgan fingerprint density at radius 3 is 2.76 bits per heavy atom. The van der Waals surface area contributed by atoms with Gasteiger partial charge in [0.2, 0.25) is 0 Å². The van der Waals surface area contributed by atoms with Gasteiger partial charge in [-0.15, -0.1) is 0 Å². The number of nitrogens with one attached hydrogen (secondary N) is 1. The van der Waals surface area contributed by atoms with Crippen molar-refractivity contribution in [3.05, 3.63) is 40.7 Å². The molecule has 136 valence electrons. The van der Waals surface area contributed by atoms with Gasteiger partial charge < -0.3 is 5.32 Å². The van der Waals surface area contributed by atoms with E-state index in [1.807, 2.05) is 6.08 Å². The number of nitrogens with two attached hydrogens (primary N) is 1. The molecule has 2 heterocycles. The number of pyridine rings is 1. The second-order valence-electron chi connectivity index (χ2n) is 6.75. The Hall–Kier alpha value is -1.41. The number of hydrogen-bond donors (Lipinski definition) is 2. The summed E-state index contributed by atoms with van der Waals surface area (Å²) in [6, 6.07) is 3.23. The summed E-state index contributed by atoms with van der Waals surface area (Å²) in [7, 11) is 1.72. The van der Waals surface area contributed by atoms with Crippen LogP contribution in [0.4, 0.5) is 0 Å². The SMILES string of the molecule is CN=C/C(=C\CNC(=O)c1ccc(Cl)cn1)C1(C)CC(C)(C)SN1N. The van der Waals surface area contributed by atoms with Crippen molar-refractivity contribution in [3.8, 4) is 0 Å². The molecule has 1 aromatic rings. The average molecular weight is 382 g/mol. The van der Waals surface area contributed by atoms with Gasteiger partial charge in [0, 0.05) is 30.8 Å². The summed E-state index contributed by atoms with van der Waals surface area (Å²) < 4.78 is 1.82. The number of amides is 1. The summed E-state index contributed by atoms with van der Waals surface area (Å²) in [4.78, 5) is 20.3. The number of hydrazine groups is 1. The van der Waals surface area contributed by atoms with Crippen molar-refractivity contribution in [2.24, 2.45) is 10.8 Å². The molecule has 0 aliphatic carbocycles. The van der Waals surface area contributed by atoms with Gasteiger partial charge in [0.25, 0.3) is 5.91 Å². The number of halogens is 1. The van der Waals surface area contributed by atoms with Crippen LogP contribution in [0.2, 0.25) is 5.02 Å². The fourth-order valence-electron chi connectivity index (χ4n) is 2.94. The van der Waals surface area contributed by atoms with Crippen molar-refractivity contribution in [1.82, 2.24) is 14.7 Å². The lowest BCUT2D eigenvalue weighted by Crippen LogP contribution is -2.45. The summed E-state index contributed by atoms with van der Waals surface area (Å²) in [5.41, 5.74) is 0.948. The van der Waals surface area contributed by atoms with E-state index >= 15 is 0 Å². The minimum atomic E-state index is -0.350. The second kappa shape index (κ2) is 7.86. The van der Waals surface area contributed by atoms with Crippen molar-refractivity contribution in [1.29, 1.82) is 0 Å². The molecule has 0 saturated carbocycles. The average Bonchev–Trinajstić information content (AvgIpc) is 2.75. The van der Waals surface area contributed by atoms with Crippen LogP contribution in [0, 0.1) is 0 Å². The van der Waals surface area contributed by atoms with Gasteiger partial charge in [-0.2, -0.15) is 4.41 Å². The van der Waals surface area contributed by atoms with Crippen molar-refractivity contribution < 1.29 is 4.79 Å². The largest absolute Gasteiger partial charge is 0.347 e. The maximum atomic E-state index is 12.1. The summed E-state index contributed by atoms with van der Waals surface area (Å²) in [6.45, 7) is 6.78. The minimum Gasteiger partial charge on any atom is -0.347 e. The smallest absolute Gasteiger partial charge is 0.270 e. The maximum Gasteiger partial charge on any atom is 0.270 e. The molecular formula is C17H24ClN5OS. The highest BCUT2D eigenvalue weighted by Gasteiger charge is 2.47. The monoisotopic (exact) mass is 381 g/mol. The molecule has 1 atom stereocenters. The Balaban J connectivity index is 2.10. The Kier molecular flexibility index (Phi) is 6.26.